The second kappa shape index (κ2) is 8.72. The monoisotopic (exact) mass is 327 g/mol. The average molecular weight is 327 g/mol. The molecule has 0 saturated heterocycles. The van der Waals surface area contributed by atoms with E-state index >= 15 is 0 Å². The predicted molar refractivity (Wildman–Crippen MR) is 90.8 cm³/mol. The molecule has 24 heavy (non-hydrogen) atoms. The molecule has 5 heteroatoms. The summed E-state index contributed by atoms with van der Waals surface area (Å²) in [6, 6.07) is 16.0. The molecule has 0 radical (unpaired) electrons. The van der Waals surface area contributed by atoms with E-state index in [0.717, 1.165) is 11.1 Å². The number of benzene rings is 2. The zero-order valence-corrected chi connectivity index (χ0v) is 13.8. The lowest BCUT2D eigenvalue weighted by molar-refractivity contribution is -0.145. The van der Waals surface area contributed by atoms with Gasteiger partial charge in [0.25, 0.3) is 0 Å². The Morgan fingerprint density at radius 1 is 1.00 bits per heavy atom. The molecule has 126 valence electrons. The molecule has 1 atom stereocenters. The van der Waals surface area contributed by atoms with Crippen molar-refractivity contribution in [3.05, 3.63) is 65.7 Å². The van der Waals surface area contributed by atoms with Gasteiger partial charge in [-0.2, -0.15) is 0 Å². The van der Waals surface area contributed by atoms with E-state index in [1.54, 1.807) is 7.11 Å². The summed E-state index contributed by atoms with van der Waals surface area (Å²) in [6.45, 7) is 0. The van der Waals surface area contributed by atoms with E-state index in [1.165, 1.54) is 7.11 Å². The number of hydrogen-bond acceptors (Lipinski definition) is 4. The van der Waals surface area contributed by atoms with Crippen molar-refractivity contribution >= 4 is 11.9 Å². The molecule has 0 aliphatic carbocycles. The third-order valence-corrected chi connectivity index (χ3v) is 3.60. The quantitative estimate of drug-likeness (QED) is 0.791. The fraction of sp³-hybridized carbons (Fsp3) is 0.263. The third-order valence-electron chi connectivity index (χ3n) is 3.60. The highest BCUT2D eigenvalue weighted by Crippen LogP contribution is 2.14. The number of ether oxygens (including phenoxy) is 2. The van der Waals surface area contributed by atoms with Gasteiger partial charge in [0.05, 0.1) is 20.6 Å². The van der Waals surface area contributed by atoms with E-state index in [0.29, 0.717) is 12.2 Å². The predicted octanol–water partition coefficient (Wildman–Crippen LogP) is 2.14. The SMILES string of the molecule is COC(=O)[C@H](Cc1cccc(OC)c1)NC(=O)Cc1ccccc1. The maximum Gasteiger partial charge on any atom is 0.328 e. The molecule has 0 aromatic heterocycles. The zero-order chi connectivity index (χ0) is 17.4. The molecule has 0 bridgehead atoms. The fourth-order valence-electron chi connectivity index (χ4n) is 2.40. The van der Waals surface area contributed by atoms with Crippen molar-refractivity contribution in [2.75, 3.05) is 14.2 Å². The highest BCUT2D eigenvalue weighted by molar-refractivity contribution is 5.85. The number of hydrogen-bond donors (Lipinski definition) is 1. The largest absolute Gasteiger partial charge is 0.497 e. The van der Waals surface area contributed by atoms with Crippen LogP contribution in [0.4, 0.5) is 0 Å². The lowest BCUT2D eigenvalue weighted by atomic mass is 10.0. The van der Waals surface area contributed by atoms with Crippen LogP contribution in [0.3, 0.4) is 0 Å². The lowest BCUT2D eigenvalue weighted by Gasteiger charge is -2.17. The number of methoxy groups -OCH3 is 2. The number of carbonyl (C=O) groups is 2. The van der Waals surface area contributed by atoms with Crippen molar-refractivity contribution in [2.45, 2.75) is 18.9 Å². The first kappa shape index (κ1) is 17.5. The molecule has 5 nitrogen and oxygen atoms in total. The van der Waals surface area contributed by atoms with Crippen molar-refractivity contribution in [2.24, 2.45) is 0 Å². The normalized spacial score (nSPS) is 11.4. The highest BCUT2D eigenvalue weighted by Gasteiger charge is 2.22. The maximum absolute atomic E-state index is 12.2. The minimum absolute atomic E-state index is 0.215. The van der Waals surface area contributed by atoms with E-state index in [9.17, 15) is 9.59 Å². The van der Waals surface area contributed by atoms with E-state index in [-0.39, 0.29) is 12.3 Å². The Morgan fingerprint density at radius 3 is 2.38 bits per heavy atom. The highest BCUT2D eigenvalue weighted by atomic mass is 16.5. The Labute approximate surface area is 141 Å². The Morgan fingerprint density at radius 2 is 1.71 bits per heavy atom. The van der Waals surface area contributed by atoms with Gasteiger partial charge in [0.1, 0.15) is 11.8 Å². The number of esters is 1. The molecule has 0 unspecified atom stereocenters. The van der Waals surface area contributed by atoms with E-state index in [4.69, 9.17) is 9.47 Å². The van der Waals surface area contributed by atoms with E-state index in [2.05, 4.69) is 5.32 Å². The van der Waals surface area contributed by atoms with Gasteiger partial charge in [-0.15, -0.1) is 0 Å². The molecule has 0 aliphatic heterocycles. The van der Waals surface area contributed by atoms with E-state index in [1.807, 2.05) is 54.6 Å². The first-order chi connectivity index (χ1) is 11.6. The lowest BCUT2D eigenvalue weighted by Crippen LogP contribution is -2.43. The molecule has 0 saturated carbocycles. The zero-order valence-electron chi connectivity index (χ0n) is 13.8. The van der Waals surface area contributed by atoms with Crippen LogP contribution in [0.5, 0.6) is 5.75 Å². The van der Waals surface area contributed by atoms with Gasteiger partial charge in [0.2, 0.25) is 5.91 Å². The Balaban J connectivity index is 2.05. The van der Waals surface area contributed by atoms with Crippen molar-refractivity contribution in [3.8, 4) is 5.75 Å². The molecule has 0 fully saturated rings. The molecule has 0 aliphatic rings. The standard InChI is InChI=1S/C19H21NO4/c1-23-16-10-6-9-15(11-16)12-17(19(22)24-2)20-18(21)13-14-7-4-3-5-8-14/h3-11,17H,12-13H2,1-2H3,(H,20,21)/t17-/m0/s1. The van der Waals surface area contributed by atoms with Gasteiger partial charge in [0, 0.05) is 6.42 Å². The molecule has 2 rings (SSSR count). The molecule has 1 amide bonds. The van der Waals surface area contributed by atoms with Crippen LogP contribution in [0.25, 0.3) is 0 Å². The van der Waals surface area contributed by atoms with Gasteiger partial charge >= 0.3 is 5.97 Å². The van der Waals surface area contributed by atoms with Crippen molar-refractivity contribution < 1.29 is 19.1 Å². The van der Waals surface area contributed by atoms with Gasteiger partial charge in [-0.1, -0.05) is 42.5 Å². The number of carbonyl (C=O) groups excluding carboxylic acids is 2. The minimum Gasteiger partial charge on any atom is -0.497 e. The van der Waals surface area contributed by atoms with Crippen LogP contribution in [0.15, 0.2) is 54.6 Å². The van der Waals surface area contributed by atoms with Crippen LogP contribution < -0.4 is 10.1 Å². The second-order valence-electron chi connectivity index (χ2n) is 5.36. The van der Waals surface area contributed by atoms with Crippen molar-refractivity contribution in [1.29, 1.82) is 0 Å². The minimum atomic E-state index is -0.738. The summed E-state index contributed by atoms with van der Waals surface area (Å²) < 4.78 is 9.99. The fourth-order valence-corrected chi connectivity index (χ4v) is 2.40. The van der Waals surface area contributed by atoms with Crippen LogP contribution in [-0.2, 0) is 27.2 Å². The topological polar surface area (TPSA) is 64.6 Å². The number of rotatable bonds is 7. The van der Waals surface area contributed by atoms with Crippen LogP contribution in [-0.4, -0.2) is 32.1 Å². The van der Waals surface area contributed by atoms with Crippen molar-refractivity contribution in [1.82, 2.24) is 5.32 Å². The van der Waals surface area contributed by atoms with Gasteiger partial charge in [-0.05, 0) is 23.3 Å². The summed E-state index contributed by atoms with van der Waals surface area (Å²) in [5.74, 6) is 0.00505. The molecule has 0 spiro atoms. The van der Waals surface area contributed by atoms with Gasteiger partial charge in [0.15, 0.2) is 0 Å². The second-order valence-corrected chi connectivity index (χ2v) is 5.36. The van der Waals surface area contributed by atoms with Gasteiger partial charge < -0.3 is 14.8 Å². The summed E-state index contributed by atoms with van der Waals surface area (Å²) in [6.07, 6.45) is 0.552. The summed E-state index contributed by atoms with van der Waals surface area (Å²) >= 11 is 0. The Bertz CT molecular complexity index is 685. The van der Waals surface area contributed by atoms with Gasteiger partial charge in [-0.25, -0.2) is 4.79 Å². The molecular formula is C19H21NO4. The summed E-state index contributed by atoms with van der Waals surface area (Å²) in [5, 5.41) is 2.75. The molecule has 0 heterocycles. The summed E-state index contributed by atoms with van der Waals surface area (Å²) in [5.41, 5.74) is 1.77. The number of amides is 1. The van der Waals surface area contributed by atoms with Crippen LogP contribution in [0.2, 0.25) is 0 Å². The van der Waals surface area contributed by atoms with Gasteiger partial charge in [-0.3, -0.25) is 4.79 Å². The number of nitrogens with one attached hydrogen (secondary N) is 1. The first-order valence-electron chi connectivity index (χ1n) is 7.66. The molecule has 1 N–H and O–H groups in total. The van der Waals surface area contributed by atoms with Crippen LogP contribution >= 0.6 is 0 Å². The average Bonchev–Trinajstić information content (AvgIpc) is 2.61. The van der Waals surface area contributed by atoms with E-state index < -0.39 is 12.0 Å². The summed E-state index contributed by atoms with van der Waals surface area (Å²) in [7, 11) is 2.89. The Kier molecular flexibility index (Phi) is 6.37. The third kappa shape index (κ3) is 5.12. The van der Waals surface area contributed by atoms with Crippen LogP contribution in [0.1, 0.15) is 11.1 Å². The maximum atomic E-state index is 12.2. The van der Waals surface area contributed by atoms with Crippen LogP contribution in [0, 0.1) is 0 Å². The summed E-state index contributed by atoms with van der Waals surface area (Å²) in [4.78, 5) is 24.2. The Hall–Kier alpha value is -2.82. The van der Waals surface area contributed by atoms with Crippen molar-refractivity contribution in [3.63, 3.8) is 0 Å². The molecule has 2 aromatic carbocycles. The first-order valence-corrected chi connectivity index (χ1v) is 7.66. The molecule has 2 aromatic rings. The smallest absolute Gasteiger partial charge is 0.328 e. The molecular weight excluding hydrogens is 306 g/mol.